The molecule has 1 amide bonds. The van der Waals surface area contributed by atoms with Gasteiger partial charge in [-0.05, 0) is 42.3 Å². The largest absolute Gasteiger partial charge is 0.491 e. The van der Waals surface area contributed by atoms with Gasteiger partial charge in [0.1, 0.15) is 30.9 Å². The number of aryl methyl sites for hydroxylation is 1. The first kappa shape index (κ1) is 18.7. The predicted octanol–water partition coefficient (Wildman–Crippen LogP) is 1.79. The zero-order valence-corrected chi connectivity index (χ0v) is 15.7. The fourth-order valence-electron chi connectivity index (χ4n) is 3.61. The van der Waals surface area contributed by atoms with Crippen molar-refractivity contribution in [2.45, 2.75) is 31.9 Å². The third-order valence-electron chi connectivity index (χ3n) is 5.12. The lowest BCUT2D eigenvalue weighted by atomic mass is 10.0. The van der Waals surface area contributed by atoms with E-state index in [1.807, 2.05) is 4.90 Å². The summed E-state index contributed by atoms with van der Waals surface area (Å²) in [5.41, 5.74) is 0. The average Bonchev–Trinajstić information content (AvgIpc) is 3.15. The van der Waals surface area contributed by atoms with E-state index >= 15 is 0 Å². The fourth-order valence-corrected chi connectivity index (χ4v) is 3.61. The lowest BCUT2D eigenvalue weighted by Crippen LogP contribution is -2.55. The molecule has 1 aromatic carbocycles. The highest BCUT2D eigenvalue weighted by Gasteiger charge is 2.34. The van der Waals surface area contributed by atoms with E-state index in [-0.39, 0.29) is 30.5 Å². The molecule has 150 valence electrons. The van der Waals surface area contributed by atoms with Crippen LogP contribution in [0.25, 0.3) is 0 Å². The second kappa shape index (κ2) is 8.14. The van der Waals surface area contributed by atoms with Gasteiger partial charge in [-0.2, -0.15) is 4.98 Å². The minimum atomic E-state index is -0.305. The van der Waals surface area contributed by atoms with E-state index in [1.165, 1.54) is 12.1 Å². The van der Waals surface area contributed by atoms with Gasteiger partial charge in [0, 0.05) is 26.1 Å². The lowest BCUT2D eigenvalue weighted by molar-refractivity contribution is -0.154. The van der Waals surface area contributed by atoms with Gasteiger partial charge in [-0.15, -0.1) is 0 Å². The van der Waals surface area contributed by atoms with Crippen LogP contribution in [0, 0.1) is 12.7 Å². The maximum atomic E-state index is 13.0. The van der Waals surface area contributed by atoms with E-state index in [2.05, 4.69) is 15.0 Å². The molecule has 0 radical (unpaired) electrons. The molecule has 3 heterocycles. The van der Waals surface area contributed by atoms with Crippen LogP contribution in [0.4, 0.5) is 10.3 Å². The highest BCUT2D eigenvalue weighted by molar-refractivity contribution is 5.78. The number of carbonyl (C=O) groups excluding carboxylic acids is 1. The molecule has 2 aliphatic heterocycles. The molecule has 8 nitrogen and oxygen atoms in total. The summed E-state index contributed by atoms with van der Waals surface area (Å²) in [5, 5.41) is 3.96. The first-order valence-corrected chi connectivity index (χ1v) is 9.43. The normalized spacial score (nSPS) is 21.2. The summed E-state index contributed by atoms with van der Waals surface area (Å²) in [6, 6.07) is 6.03. The number of carbonyl (C=O) groups is 1. The monoisotopic (exact) mass is 390 g/mol. The van der Waals surface area contributed by atoms with Gasteiger partial charge < -0.3 is 23.8 Å². The maximum absolute atomic E-state index is 13.0. The zero-order valence-electron chi connectivity index (χ0n) is 15.7. The van der Waals surface area contributed by atoms with Crippen molar-refractivity contribution in [1.29, 1.82) is 0 Å². The molecule has 1 unspecified atom stereocenters. The summed E-state index contributed by atoms with van der Waals surface area (Å²) in [4.78, 5) is 20.6. The quantitative estimate of drug-likeness (QED) is 0.770. The number of aromatic nitrogens is 2. The number of hydrogen-bond acceptors (Lipinski definition) is 7. The molecular formula is C19H23FN4O4. The molecule has 1 aromatic heterocycles. The number of piperidine rings is 1. The smallest absolute Gasteiger partial charge is 0.266 e. The van der Waals surface area contributed by atoms with E-state index in [0.717, 1.165) is 25.9 Å². The topological polar surface area (TPSA) is 80.9 Å². The molecular weight excluding hydrogens is 367 g/mol. The zero-order chi connectivity index (χ0) is 19.5. The molecule has 1 atom stereocenters. The van der Waals surface area contributed by atoms with Crippen molar-refractivity contribution < 1.29 is 23.2 Å². The summed E-state index contributed by atoms with van der Waals surface area (Å²) in [6.07, 6.45) is 1.47. The Bertz CT molecular complexity index is 805. The van der Waals surface area contributed by atoms with Crippen molar-refractivity contribution in [1.82, 2.24) is 15.0 Å². The fraction of sp³-hybridized carbons (Fsp3) is 0.526. The van der Waals surface area contributed by atoms with Crippen LogP contribution in [0.2, 0.25) is 0 Å². The Kier molecular flexibility index (Phi) is 5.43. The van der Waals surface area contributed by atoms with Crippen LogP contribution in [-0.2, 0) is 9.53 Å². The van der Waals surface area contributed by atoms with Gasteiger partial charge in [-0.1, -0.05) is 0 Å². The van der Waals surface area contributed by atoms with Crippen LogP contribution < -0.4 is 9.64 Å². The molecule has 0 N–H and O–H groups in total. The molecule has 2 fully saturated rings. The molecule has 0 spiro atoms. The van der Waals surface area contributed by atoms with Crippen molar-refractivity contribution in [3.63, 3.8) is 0 Å². The van der Waals surface area contributed by atoms with E-state index in [1.54, 1.807) is 19.1 Å². The Balaban J connectivity index is 1.30. The molecule has 4 rings (SSSR count). The summed E-state index contributed by atoms with van der Waals surface area (Å²) in [5.74, 6) is 1.43. The first-order valence-electron chi connectivity index (χ1n) is 9.43. The third kappa shape index (κ3) is 4.24. The Morgan fingerprint density at radius 1 is 1.25 bits per heavy atom. The van der Waals surface area contributed by atoms with E-state index in [4.69, 9.17) is 14.0 Å². The summed E-state index contributed by atoms with van der Waals surface area (Å²) in [6.45, 7) is 4.17. The van der Waals surface area contributed by atoms with Crippen LogP contribution in [-0.4, -0.2) is 65.9 Å². The van der Waals surface area contributed by atoms with Crippen LogP contribution in [0.3, 0.4) is 0 Å². The second-order valence-electron chi connectivity index (χ2n) is 7.08. The minimum Gasteiger partial charge on any atom is -0.491 e. The second-order valence-corrected chi connectivity index (χ2v) is 7.08. The minimum absolute atomic E-state index is 0.00638. The van der Waals surface area contributed by atoms with Crippen molar-refractivity contribution in [2.75, 3.05) is 37.7 Å². The van der Waals surface area contributed by atoms with Crippen LogP contribution >= 0.6 is 0 Å². The number of anilines is 1. The molecule has 0 aliphatic carbocycles. The first-order chi connectivity index (χ1) is 13.6. The lowest BCUT2D eigenvalue weighted by Gasteiger charge is -2.41. The number of benzene rings is 1. The number of ether oxygens (including phenoxy) is 2. The van der Waals surface area contributed by atoms with Crippen molar-refractivity contribution >= 4 is 11.9 Å². The molecule has 28 heavy (non-hydrogen) atoms. The van der Waals surface area contributed by atoms with Gasteiger partial charge in [-0.3, -0.25) is 4.79 Å². The molecule has 2 aliphatic rings. The number of rotatable bonds is 5. The van der Waals surface area contributed by atoms with Crippen LogP contribution in [0.1, 0.15) is 18.7 Å². The number of morpholine rings is 1. The molecule has 0 saturated carbocycles. The average molecular weight is 390 g/mol. The van der Waals surface area contributed by atoms with Crippen LogP contribution in [0.5, 0.6) is 5.75 Å². The Hall–Kier alpha value is -2.68. The summed E-state index contributed by atoms with van der Waals surface area (Å²) in [7, 11) is 0. The van der Waals surface area contributed by atoms with Gasteiger partial charge >= 0.3 is 0 Å². The number of amides is 1. The summed E-state index contributed by atoms with van der Waals surface area (Å²) >= 11 is 0. The molecule has 9 heteroatoms. The van der Waals surface area contributed by atoms with Crippen molar-refractivity contribution in [3.8, 4) is 5.75 Å². The highest BCUT2D eigenvalue weighted by atomic mass is 19.1. The van der Waals surface area contributed by atoms with Gasteiger partial charge in [0.2, 0.25) is 11.8 Å². The summed E-state index contributed by atoms with van der Waals surface area (Å²) < 4.78 is 29.3. The molecule has 2 saturated heterocycles. The van der Waals surface area contributed by atoms with Gasteiger partial charge in [0.25, 0.3) is 5.95 Å². The van der Waals surface area contributed by atoms with Gasteiger partial charge in [-0.25, -0.2) is 4.39 Å². The predicted molar refractivity (Wildman–Crippen MR) is 97.6 cm³/mol. The van der Waals surface area contributed by atoms with E-state index < -0.39 is 0 Å². The number of hydrogen-bond donors (Lipinski definition) is 0. The third-order valence-corrected chi connectivity index (χ3v) is 5.12. The number of nitrogens with zero attached hydrogens (tertiary/aromatic N) is 4. The van der Waals surface area contributed by atoms with Crippen LogP contribution in [0.15, 0.2) is 28.8 Å². The van der Waals surface area contributed by atoms with E-state index in [9.17, 15) is 9.18 Å². The maximum Gasteiger partial charge on any atom is 0.266 e. The Morgan fingerprint density at radius 2 is 2.00 bits per heavy atom. The van der Waals surface area contributed by atoms with Crippen molar-refractivity contribution in [2.24, 2.45) is 0 Å². The standard InChI is InChI=1S/C19H23FN4O4/c1-13-21-19(22-28-13)23-8-6-15(7-9-23)24-10-17(27-12-18(24)25)11-26-16-4-2-14(20)3-5-16/h2-5,15,17H,6-12H2,1H3. The number of halogens is 1. The van der Waals surface area contributed by atoms with Gasteiger partial charge in [0.05, 0.1) is 6.54 Å². The SMILES string of the molecule is Cc1nc(N2CCC(N3CC(COc4ccc(F)cc4)OCC3=O)CC2)no1. The molecule has 2 aromatic rings. The Morgan fingerprint density at radius 3 is 2.68 bits per heavy atom. The van der Waals surface area contributed by atoms with E-state index in [0.29, 0.717) is 30.7 Å². The Labute approximate surface area is 162 Å². The molecule has 0 bridgehead atoms. The van der Waals surface area contributed by atoms with Crippen molar-refractivity contribution in [3.05, 3.63) is 36.0 Å². The van der Waals surface area contributed by atoms with Gasteiger partial charge in [0.15, 0.2) is 0 Å². The highest BCUT2D eigenvalue weighted by Crippen LogP contribution is 2.23.